The number of hydrogen-bond donors (Lipinski definition) is 1. The van der Waals surface area contributed by atoms with Crippen LogP contribution in [0, 0.1) is 0 Å². The van der Waals surface area contributed by atoms with Gasteiger partial charge in [0, 0.05) is 12.8 Å². The maximum absolute atomic E-state index is 10.5. The van der Waals surface area contributed by atoms with Gasteiger partial charge in [0.2, 0.25) is 5.16 Å². The van der Waals surface area contributed by atoms with Gasteiger partial charge in [-0.15, -0.1) is 5.10 Å². The molecule has 94 valence electrons. The summed E-state index contributed by atoms with van der Waals surface area (Å²) in [6.45, 7) is 0. The lowest BCUT2D eigenvalue weighted by Gasteiger charge is -2.02. The number of aromatic nitrogens is 4. The van der Waals surface area contributed by atoms with Crippen molar-refractivity contribution in [3.05, 3.63) is 35.4 Å². The van der Waals surface area contributed by atoms with Crippen LogP contribution in [0.1, 0.15) is 11.1 Å². The van der Waals surface area contributed by atoms with Crippen LogP contribution in [0.15, 0.2) is 29.4 Å². The predicted molar refractivity (Wildman–Crippen MR) is 66.1 cm³/mol. The number of carbonyl (C=O) groups is 1. The van der Waals surface area contributed by atoms with Crippen LogP contribution >= 0.6 is 11.8 Å². The largest absolute Gasteiger partial charge is 0.481 e. The van der Waals surface area contributed by atoms with Gasteiger partial charge in [-0.25, -0.2) is 4.68 Å². The Bertz CT molecular complexity index is 538. The third-order valence-electron chi connectivity index (χ3n) is 2.33. The average Bonchev–Trinajstić information content (AvgIpc) is 2.73. The summed E-state index contributed by atoms with van der Waals surface area (Å²) in [6, 6.07) is 7.52. The Morgan fingerprint density at radius 3 is 2.56 bits per heavy atom. The molecule has 2 aromatic rings. The highest BCUT2D eigenvalue weighted by Gasteiger charge is 2.04. The number of rotatable bonds is 5. The molecule has 1 aromatic carbocycles. The number of thioether (sulfide) groups is 1. The Labute approximate surface area is 108 Å². The first kappa shape index (κ1) is 12.6. The fourth-order valence-electron chi connectivity index (χ4n) is 1.42. The number of carboxylic acid groups (broad SMARTS) is 1. The maximum atomic E-state index is 10.5. The van der Waals surface area contributed by atoms with E-state index in [1.54, 1.807) is 11.7 Å². The van der Waals surface area contributed by atoms with Gasteiger partial charge in [-0.05, 0) is 21.6 Å². The standard InChI is InChI=1S/C11H12N4O2S/c1-15-11(12-13-14-15)18-7-9-4-2-8(3-5-9)6-10(16)17/h2-5H,6-7H2,1H3,(H,16,17). The van der Waals surface area contributed by atoms with Crippen molar-refractivity contribution in [3.8, 4) is 0 Å². The number of aryl methyl sites for hydroxylation is 1. The molecule has 0 saturated carbocycles. The van der Waals surface area contributed by atoms with Crippen LogP contribution in [0.25, 0.3) is 0 Å². The molecule has 0 unspecified atom stereocenters. The SMILES string of the molecule is Cn1nnnc1SCc1ccc(CC(=O)O)cc1. The van der Waals surface area contributed by atoms with E-state index >= 15 is 0 Å². The molecule has 0 aliphatic heterocycles. The third-order valence-corrected chi connectivity index (χ3v) is 3.41. The van der Waals surface area contributed by atoms with Crippen molar-refractivity contribution < 1.29 is 9.90 Å². The summed E-state index contributed by atoms with van der Waals surface area (Å²) in [6.07, 6.45) is 0.0562. The smallest absolute Gasteiger partial charge is 0.307 e. The first-order chi connectivity index (χ1) is 8.65. The molecule has 0 atom stereocenters. The van der Waals surface area contributed by atoms with Crippen LogP contribution < -0.4 is 0 Å². The van der Waals surface area contributed by atoms with Crippen molar-refractivity contribution in [2.75, 3.05) is 0 Å². The quantitative estimate of drug-likeness (QED) is 0.815. The Morgan fingerprint density at radius 2 is 2.00 bits per heavy atom. The minimum Gasteiger partial charge on any atom is -0.481 e. The molecule has 0 saturated heterocycles. The lowest BCUT2D eigenvalue weighted by Crippen LogP contribution is -1.99. The van der Waals surface area contributed by atoms with Crippen LogP contribution in [0.4, 0.5) is 0 Å². The number of carboxylic acids is 1. The lowest BCUT2D eigenvalue weighted by molar-refractivity contribution is -0.136. The molecule has 0 aliphatic rings. The highest BCUT2D eigenvalue weighted by molar-refractivity contribution is 7.98. The molecule has 1 aromatic heterocycles. The molecule has 6 nitrogen and oxygen atoms in total. The van der Waals surface area contributed by atoms with Crippen LogP contribution in [0.5, 0.6) is 0 Å². The number of nitrogens with zero attached hydrogens (tertiary/aromatic N) is 4. The summed E-state index contributed by atoms with van der Waals surface area (Å²) in [7, 11) is 1.79. The summed E-state index contributed by atoms with van der Waals surface area (Å²) in [4.78, 5) is 10.5. The number of hydrogen-bond acceptors (Lipinski definition) is 5. The van der Waals surface area contributed by atoms with Crippen molar-refractivity contribution in [3.63, 3.8) is 0 Å². The van der Waals surface area contributed by atoms with Gasteiger partial charge in [-0.3, -0.25) is 4.79 Å². The van der Waals surface area contributed by atoms with Crippen molar-refractivity contribution in [1.82, 2.24) is 20.2 Å². The van der Waals surface area contributed by atoms with Crippen molar-refractivity contribution in [2.24, 2.45) is 7.05 Å². The Kier molecular flexibility index (Phi) is 3.93. The highest BCUT2D eigenvalue weighted by atomic mass is 32.2. The van der Waals surface area contributed by atoms with E-state index in [1.165, 1.54) is 11.8 Å². The summed E-state index contributed by atoms with van der Waals surface area (Å²) in [5.41, 5.74) is 1.91. The van der Waals surface area contributed by atoms with Crippen molar-refractivity contribution in [2.45, 2.75) is 17.3 Å². The average molecular weight is 264 g/mol. The zero-order valence-electron chi connectivity index (χ0n) is 9.78. The van der Waals surface area contributed by atoms with Gasteiger partial charge in [-0.2, -0.15) is 0 Å². The number of aliphatic carboxylic acids is 1. The Balaban J connectivity index is 1.94. The molecule has 0 bridgehead atoms. The lowest BCUT2D eigenvalue weighted by atomic mass is 10.1. The Morgan fingerprint density at radius 1 is 1.33 bits per heavy atom. The molecular weight excluding hydrogens is 252 g/mol. The fraction of sp³-hybridized carbons (Fsp3) is 0.273. The molecule has 18 heavy (non-hydrogen) atoms. The molecule has 0 amide bonds. The molecule has 0 spiro atoms. The van der Waals surface area contributed by atoms with E-state index in [-0.39, 0.29) is 6.42 Å². The summed E-state index contributed by atoms with van der Waals surface area (Å²) < 4.78 is 1.61. The van der Waals surface area contributed by atoms with E-state index in [2.05, 4.69) is 15.5 Å². The van der Waals surface area contributed by atoms with Crippen LogP contribution in [-0.2, 0) is 24.0 Å². The van der Waals surface area contributed by atoms with Crippen LogP contribution in [-0.4, -0.2) is 31.3 Å². The van der Waals surface area contributed by atoms with E-state index in [4.69, 9.17) is 5.11 Å². The Hall–Kier alpha value is -1.89. The molecule has 1 N–H and O–H groups in total. The molecule has 0 fully saturated rings. The molecular formula is C11H12N4O2S. The van der Waals surface area contributed by atoms with Gasteiger partial charge in [0.05, 0.1) is 6.42 Å². The highest BCUT2D eigenvalue weighted by Crippen LogP contribution is 2.19. The van der Waals surface area contributed by atoms with Gasteiger partial charge < -0.3 is 5.11 Å². The number of benzene rings is 1. The van der Waals surface area contributed by atoms with Gasteiger partial charge in [0.1, 0.15) is 0 Å². The zero-order valence-corrected chi connectivity index (χ0v) is 10.6. The van der Waals surface area contributed by atoms with Crippen LogP contribution in [0.3, 0.4) is 0 Å². The van der Waals surface area contributed by atoms with E-state index in [1.807, 2.05) is 24.3 Å². The third kappa shape index (κ3) is 3.30. The first-order valence-electron chi connectivity index (χ1n) is 5.30. The van der Waals surface area contributed by atoms with E-state index < -0.39 is 5.97 Å². The summed E-state index contributed by atoms with van der Waals surface area (Å²) >= 11 is 1.54. The second-order valence-electron chi connectivity index (χ2n) is 3.76. The van der Waals surface area contributed by atoms with E-state index in [9.17, 15) is 4.79 Å². The topological polar surface area (TPSA) is 80.9 Å². The first-order valence-corrected chi connectivity index (χ1v) is 6.28. The molecule has 2 rings (SSSR count). The van der Waals surface area contributed by atoms with Gasteiger partial charge in [0.25, 0.3) is 0 Å². The van der Waals surface area contributed by atoms with Gasteiger partial charge in [0.15, 0.2) is 0 Å². The second-order valence-corrected chi connectivity index (χ2v) is 4.70. The van der Waals surface area contributed by atoms with Crippen molar-refractivity contribution in [1.29, 1.82) is 0 Å². The zero-order chi connectivity index (χ0) is 13.0. The second kappa shape index (κ2) is 5.63. The molecule has 7 heteroatoms. The van der Waals surface area contributed by atoms with E-state index in [0.29, 0.717) is 0 Å². The van der Waals surface area contributed by atoms with E-state index in [0.717, 1.165) is 22.0 Å². The molecule has 0 aliphatic carbocycles. The summed E-state index contributed by atoms with van der Waals surface area (Å²) in [5, 5.41) is 20.6. The van der Waals surface area contributed by atoms with Crippen molar-refractivity contribution >= 4 is 17.7 Å². The minimum absolute atomic E-state index is 0.0562. The van der Waals surface area contributed by atoms with Gasteiger partial charge >= 0.3 is 5.97 Å². The monoisotopic (exact) mass is 264 g/mol. The van der Waals surface area contributed by atoms with Crippen LogP contribution in [0.2, 0.25) is 0 Å². The maximum Gasteiger partial charge on any atom is 0.307 e. The predicted octanol–water partition coefficient (Wildman–Crippen LogP) is 1.13. The minimum atomic E-state index is -0.817. The fourth-order valence-corrected chi connectivity index (χ4v) is 2.23. The molecule has 0 radical (unpaired) electrons. The molecule has 1 heterocycles. The number of tetrazole rings is 1. The normalized spacial score (nSPS) is 10.5. The summed E-state index contributed by atoms with van der Waals surface area (Å²) in [5.74, 6) is -0.0658. The van der Waals surface area contributed by atoms with Gasteiger partial charge in [-0.1, -0.05) is 36.0 Å².